The van der Waals surface area contributed by atoms with Gasteiger partial charge in [-0.05, 0) is 35.9 Å². The maximum absolute atomic E-state index is 6.12. The van der Waals surface area contributed by atoms with Crippen LogP contribution in [0.5, 0.6) is 5.75 Å². The fraction of sp³-hybridized carbons (Fsp3) is 0.158. The van der Waals surface area contributed by atoms with Crippen molar-refractivity contribution < 1.29 is 9.15 Å². The molecule has 0 fully saturated rings. The highest BCUT2D eigenvalue weighted by Crippen LogP contribution is 2.19. The van der Waals surface area contributed by atoms with Crippen molar-refractivity contribution in [3.05, 3.63) is 88.8 Å². The third-order valence-electron chi connectivity index (χ3n) is 3.48. The Kier molecular flexibility index (Phi) is 5.35. The molecular formula is C19H18ClNO2. The van der Waals surface area contributed by atoms with Gasteiger partial charge in [0.15, 0.2) is 0 Å². The predicted molar refractivity (Wildman–Crippen MR) is 91.5 cm³/mol. The van der Waals surface area contributed by atoms with Crippen LogP contribution in [0.1, 0.15) is 16.9 Å². The first kappa shape index (κ1) is 15.7. The molecular weight excluding hydrogens is 310 g/mol. The number of benzene rings is 2. The van der Waals surface area contributed by atoms with E-state index in [1.54, 1.807) is 6.26 Å². The van der Waals surface area contributed by atoms with Crippen molar-refractivity contribution in [1.29, 1.82) is 0 Å². The van der Waals surface area contributed by atoms with Crippen LogP contribution in [0.4, 0.5) is 0 Å². The molecule has 3 aromatic rings. The minimum atomic E-state index is 0.468. The lowest BCUT2D eigenvalue weighted by Gasteiger charge is -2.09. The molecule has 23 heavy (non-hydrogen) atoms. The third kappa shape index (κ3) is 4.62. The van der Waals surface area contributed by atoms with Gasteiger partial charge in [-0.25, -0.2) is 0 Å². The monoisotopic (exact) mass is 327 g/mol. The van der Waals surface area contributed by atoms with Crippen molar-refractivity contribution in [1.82, 2.24) is 5.32 Å². The van der Waals surface area contributed by atoms with Gasteiger partial charge in [-0.2, -0.15) is 0 Å². The molecule has 0 saturated carbocycles. The SMILES string of the molecule is Clc1ccccc1COc1ccc(CNCc2ccco2)cc1. The molecule has 1 N–H and O–H groups in total. The molecule has 0 aliphatic carbocycles. The zero-order chi connectivity index (χ0) is 15.9. The third-order valence-corrected chi connectivity index (χ3v) is 3.85. The number of furan rings is 1. The Balaban J connectivity index is 1.48. The molecule has 3 rings (SSSR count). The lowest BCUT2D eigenvalue weighted by Crippen LogP contribution is -2.11. The number of ether oxygens (including phenoxy) is 1. The average molecular weight is 328 g/mol. The van der Waals surface area contributed by atoms with Crippen molar-refractivity contribution in [2.75, 3.05) is 0 Å². The zero-order valence-corrected chi connectivity index (χ0v) is 13.4. The van der Waals surface area contributed by atoms with Crippen LogP contribution in [0, 0.1) is 0 Å². The van der Waals surface area contributed by atoms with E-state index in [1.165, 1.54) is 5.56 Å². The Morgan fingerprint density at radius 3 is 2.48 bits per heavy atom. The summed E-state index contributed by atoms with van der Waals surface area (Å²) >= 11 is 6.12. The molecule has 1 aromatic heterocycles. The first-order chi connectivity index (χ1) is 11.3. The Labute approximate surface area is 140 Å². The van der Waals surface area contributed by atoms with E-state index in [2.05, 4.69) is 17.4 Å². The molecule has 0 amide bonds. The highest BCUT2D eigenvalue weighted by molar-refractivity contribution is 6.31. The van der Waals surface area contributed by atoms with Gasteiger partial charge >= 0.3 is 0 Å². The first-order valence-corrected chi connectivity index (χ1v) is 7.87. The highest BCUT2D eigenvalue weighted by atomic mass is 35.5. The second kappa shape index (κ2) is 7.86. The number of halogens is 1. The van der Waals surface area contributed by atoms with Crippen LogP contribution in [-0.4, -0.2) is 0 Å². The summed E-state index contributed by atoms with van der Waals surface area (Å²) in [6, 6.07) is 19.6. The molecule has 0 saturated heterocycles. The molecule has 0 spiro atoms. The largest absolute Gasteiger partial charge is 0.489 e. The van der Waals surface area contributed by atoms with Gasteiger partial charge in [0.05, 0.1) is 12.8 Å². The van der Waals surface area contributed by atoms with E-state index >= 15 is 0 Å². The lowest BCUT2D eigenvalue weighted by atomic mass is 10.2. The molecule has 0 bridgehead atoms. The molecule has 0 aliphatic rings. The van der Waals surface area contributed by atoms with Crippen LogP contribution in [0.25, 0.3) is 0 Å². The quantitative estimate of drug-likeness (QED) is 0.676. The normalized spacial score (nSPS) is 10.7. The molecule has 2 aromatic carbocycles. The number of rotatable bonds is 7. The summed E-state index contributed by atoms with van der Waals surface area (Å²) in [6.07, 6.45) is 1.68. The summed E-state index contributed by atoms with van der Waals surface area (Å²) in [4.78, 5) is 0. The van der Waals surface area contributed by atoms with E-state index in [1.807, 2.05) is 48.5 Å². The van der Waals surface area contributed by atoms with E-state index in [4.69, 9.17) is 20.8 Å². The molecule has 0 atom stereocenters. The Bertz CT molecular complexity index is 723. The molecule has 4 heteroatoms. The van der Waals surface area contributed by atoms with E-state index in [0.717, 1.165) is 35.2 Å². The second-order valence-electron chi connectivity index (χ2n) is 5.21. The standard InChI is InChI=1S/C19H18ClNO2/c20-19-6-2-1-4-16(19)14-23-17-9-7-15(8-10-17)12-21-13-18-5-3-11-22-18/h1-11,21H,12-14H2. The van der Waals surface area contributed by atoms with Gasteiger partial charge < -0.3 is 14.5 Å². The smallest absolute Gasteiger partial charge is 0.119 e. The second-order valence-corrected chi connectivity index (χ2v) is 5.61. The van der Waals surface area contributed by atoms with E-state index < -0.39 is 0 Å². The molecule has 0 radical (unpaired) electrons. The Hall–Kier alpha value is -2.23. The van der Waals surface area contributed by atoms with Crippen molar-refractivity contribution in [2.24, 2.45) is 0 Å². The highest BCUT2D eigenvalue weighted by Gasteiger charge is 2.01. The summed E-state index contributed by atoms with van der Waals surface area (Å²) in [5.74, 6) is 1.77. The van der Waals surface area contributed by atoms with Crippen molar-refractivity contribution in [3.63, 3.8) is 0 Å². The van der Waals surface area contributed by atoms with Crippen molar-refractivity contribution in [2.45, 2.75) is 19.7 Å². The maximum atomic E-state index is 6.12. The zero-order valence-electron chi connectivity index (χ0n) is 12.7. The average Bonchev–Trinajstić information content (AvgIpc) is 3.09. The fourth-order valence-electron chi connectivity index (χ4n) is 2.22. The summed E-state index contributed by atoms with van der Waals surface area (Å²) in [5.41, 5.74) is 2.18. The maximum Gasteiger partial charge on any atom is 0.119 e. The van der Waals surface area contributed by atoms with Gasteiger partial charge in [0, 0.05) is 17.1 Å². The van der Waals surface area contributed by atoms with E-state index in [-0.39, 0.29) is 0 Å². The van der Waals surface area contributed by atoms with Gasteiger partial charge in [-0.1, -0.05) is 41.9 Å². The predicted octanol–water partition coefficient (Wildman–Crippen LogP) is 4.80. The summed E-state index contributed by atoms with van der Waals surface area (Å²) in [5, 5.41) is 4.06. The minimum absolute atomic E-state index is 0.468. The van der Waals surface area contributed by atoms with Crippen LogP contribution < -0.4 is 10.1 Å². The van der Waals surface area contributed by atoms with Gasteiger partial charge in [-0.3, -0.25) is 0 Å². The van der Waals surface area contributed by atoms with Gasteiger partial charge in [0.1, 0.15) is 18.1 Å². The number of hydrogen-bond donors (Lipinski definition) is 1. The topological polar surface area (TPSA) is 34.4 Å². The van der Waals surface area contributed by atoms with Crippen LogP contribution in [0.3, 0.4) is 0 Å². The van der Waals surface area contributed by atoms with Gasteiger partial charge in [0.25, 0.3) is 0 Å². The van der Waals surface area contributed by atoms with Crippen molar-refractivity contribution >= 4 is 11.6 Å². The summed E-state index contributed by atoms with van der Waals surface area (Å²) in [7, 11) is 0. The first-order valence-electron chi connectivity index (χ1n) is 7.49. The van der Waals surface area contributed by atoms with Gasteiger partial charge in [-0.15, -0.1) is 0 Å². The molecule has 1 heterocycles. The van der Waals surface area contributed by atoms with Crippen LogP contribution in [0.2, 0.25) is 5.02 Å². The molecule has 118 valence electrons. The van der Waals surface area contributed by atoms with Crippen LogP contribution in [-0.2, 0) is 19.7 Å². The molecule has 3 nitrogen and oxygen atoms in total. The Morgan fingerprint density at radius 1 is 0.913 bits per heavy atom. The lowest BCUT2D eigenvalue weighted by molar-refractivity contribution is 0.306. The van der Waals surface area contributed by atoms with Crippen LogP contribution in [0.15, 0.2) is 71.3 Å². The van der Waals surface area contributed by atoms with E-state index in [0.29, 0.717) is 6.61 Å². The number of hydrogen-bond acceptors (Lipinski definition) is 3. The number of nitrogens with one attached hydrogen (secondary N) is 1. The fourth-order valence-corrected chi connectivity index (χ4v) is 2.41. The van der Waals surface area contributed by atoms with Gasteiger partial charge in [0.2, 0.25) is 0 Å². The Morgan fingerprint density at radius 2 is 1.74 bits per heavy atom. The minimum Gasteiger partial charge on any atom is -0.489 e. The van der Waals surface area contributed by atoms with E-state index in [9.17, 15) is 0 Å². The molecule has 0 aliphatic heterocycles. The molecule has 0 unspecified atom stereocenters. The van der Waals surface area contributed by atoms with Crippen molar-refractivity contribution in [3.8, 4) is 5.75 Å². The summed E-state index contributed by atoms with van der Waals surface area (Å²) in [6.45, 7) is 1.97. The van der Waals surface area contributed by atoms with Crippen LogP contribution >= 0.6 is 11.6 Å². The summed E-state index contributed by atoms with van der Waals surface area (Å²) < 4.78 is 11.1.